The third-order valence-electron chi connectivity index (χ3n) is 5.49. The van der Waals surface area contributed by atoms with Crippen molar-refractivity contribution in [2.24, 2.45) is 5.92 Å². The summed E-state index contributed by atoms with van der Waals surface area (Å²) in [6.45, 7) is 3.84. The number of nitrogens with zero attached hydrogens (tertiary/aromatic N) is 3. The van der Waals surface area contributed by atoms with Crippen molar-refractivity contribution >= 4 is 11.8 Å². The predicted octanol–water partition coefficient (Wildman–Crippen LogP) is 1.27. The average Bonchev–Trinajstić information content (AvgIpc) is 3.41. The molecule has 1 N–H and O–H groups in total. The maximum absolute atomic E-state index is 12.8. The van der Waals surface area contributed by atoms with Crippen molar-refractivity contribution in [3.8, 4) is 0 Å². The number of hydrogen-bond donors (Lipinski definition) is 1. The van der Waals surface area contributed by atoms with Crippen LogP contribution in [-0.2, 0) is 29.1 Å². The fourth-order valence-electron chi connectivity index (χ4n) is 4.00. The molecule has 0 aromatic carbocycles. The van der Waals surface area contributed by atoms with E-state index in [4.69, 9.17) is 4.74 Å². The van der Waals surface area contributed by atoms with Crippen molar-refractivity contribution < 1.29 is 14.3 Å². The standard InChI is InChI=1S/C19H26N4O3/c24-18(14-5-1-2-6-14)20-8-11-23-16-7-12-26-13-15(16)17(21-23)19(25)22-9-3-4-10-22/h1-2,14H,3-13H2,(H,20,24). The highest BCUT2D eigenvalue weighted by atomic mass is 16.5. The molecule has 3 aliphatic rings. The fraction of sp³-hybridized carbons (Fsp3) is 0.632. The first-order valence-electron chi connectivity index (χ1n) is 9.62. The van der Waals surface area contributed by atoms with Gasteiger partial charge in [-0.15, -0.1) is 0 Å². The highest BCUT2D eigenvalue weighted by Gasteiger charge is 2.29. The van der Waals surface area contributed by atoms with Gasteiger partial charge in [0.25, 0.3) is 5.91 Å². The molecule has 1 aromatic heterocycles. The van der Waals surface area contributed by atoms with Crippen molar-refractivity contribution in [2.75, 3.05) is 26.2 Å². The summed E-state index contributed by atoms with van der Waals surface area (Å²) in [4.78, 5) is 26.8. The van der Waals surface area contributed by atoms with E-state index in [0.717, 1.165) is 56.5 Å². The maximum Gasteiger partial charge on any atom is 0.274 e. The van der Waals surface area contributed by atoms with E-state index in [1.807, 2.05) is 9.58 Å². The maximum atomic E-state index is 12.8. The van der Waals surface area contributed by atoms with Gasteiger partial charge in [0.2, 0.25) is 5.91 Å². The van der Waals surface area contributed by atoms with Crippen LogP contribution in [0.2, 0.25) is 0 Å². The van der Waals surface area contributed by atoms with Gasteiger partial charge in [0.1, 0.15) is 0 Å². The third kappa shape index (κ3) is 3.40. The average molecular weight is 358 g/mol. The SMILES string of the molecule is O=C(NCCn1nc(C(=O)N2CCCC2)c2c1CCOC2)C1CC=CC1. The Labute approximate surface area is 153 Å². The molecule has 0 bridgehead atoms. The second-order valence-corrected chi connectivity index (χ2v) is 7.23. The van der Waals surface area contributed by atoms with E-state index in [-0.39, 0.29) is 17.7 Å². The van der Waals surface area contributed by atoms with Gasteiger partial charge < -0.3 is 15.0 Å². The van der Waals surface area contributed by atoms with Crippen molar-refractivity contribution in [1.82, 2.24) is 20.0 Å². The first-order chi connectivity index (χ1) is 12.7. The molecule has 4 rings (SSSR count). The molecule has 0 radical (unpaired) electrons. The lowest BCUT2D eigenvalue weighted by Crippen LogP contribution is -2.32. The smallest absolute Gasteiger partial charge is 0.274 e. The monoisotopic (exact) mass is 358 g/mol. The Balaban J connectivity index is 1.43. The van der Waals surface area contributed by atoms with Crippen molar-refractivity contribution in [2.45, 2.75) is 45.3 Å². The summed E-state index contributed by atoms with van der Waals surface area (Å²) in [6, 6.07) is 0. The van der Waals surface area contributed by atoms with Crippen LogP contribution in [0, 0.1) is 5.92 Å². The first kappa shape index (κ1) is 17.3. The Hall–Kier alpha value is -2.15. The van der Waals surface area contributed by atoms with Crippen LogP contribution in [0.1, 0.15) is 47.4 Å². The number of fused-ring (bicyclic) bond motifs is 1. The van der Waals surface area contributed by atoms with Gasteiger partial charge in [0, 0.05) is 43.2 Å². The predicted molar refractivity (Wildman–Crippen MR) is 95.6 cm³/mol. The van der Waals surface area contributed by atoms with Gasteiger partial charge in [-0.2, -0.15) is 5.10 Å². The molecular weight excluding hydrogens is 332 g/mol. The fourth-order valence-corrected chi connectivity index (χ4v) is 4.00. The Morgan fingerprint density at radius 1 is 1.23 bits per heavy atom. The summed E-state index contributed by atoms with van der Waals surface area (Å²) in [7, 11) is 0. The van der Waals surface area contributed by atoms with Gasteiger partial charge in [-0.3, -0.25) is 14.3 Å². The molecule has 140 valence electrons. The number of allylic oxidation sites excluding steroid dienone is 2. The van der Waals surface area contributed by atoms with E-state index in [1.165, 1.54) is 0 Å². The Bertz CT molecular complexity index is 711. The van der Waals surface area contributed by atoms with Crippen LogP contribution in [0.25, 0.3) is 0 Å². The molecular formula is C19H26N4O3. The molecule has 26 heavy (non-hydrogen) atoms. The number of rotatable bonds is 5. The zero-order valence-electron chi connectivity index (χ0n) is 15.1. The molecule has 0 unspecified atom stereocenters. The molecule has 1 aliphatic carbocycles. The number of amides is 2. The van der Waals surface area contributed by atoms with Crippen LogP contribution in [0.4, 0.5) is 0 Å². The molecule has 3 heterocycles. The van der Waals surface area contributed by atoms with Crippen molar-refractivity contribution in [1.29, 1.82) is 0 Å². The number of ether oxygens (including phenoxy) is 1. The second kappa shape index (κ2) is 7.61. The minimum Gasteiger partial charge on any atom is -0.376 e. The molecule has 7 heteroatoms. The summed E-state index contributed by atoms with van der Waals surface area (Å²) < 4.78 is 7.47. The Kier molecular flexibility index (Phi) is 5.06. The van der Waals surface area contributed by atoms with Crippen molar-refractivity contribution in [3.63, 3.8) is 0 Å². The summed E-state index contributed by atoms with van der Waals surface area (Å²) in [6.07, 6.45) is 8.66. The van der Waals surface area contributed by atoms with E-state index in [2.05, 4.69) is 22.6 Å². The minimum absolute atomic E-state index is 0.0177. The molecule has 1 aromatic rings. The molecule has 1 fully saturated rings. The topological polar surface area (TPSA) is 76.5 Å². The summed E-state index contributed by atoms with van der Waals surface area (Å²) in [5.74, 6) is 0.194. The lowest BCUT2D eigenvalue weighted by atomic mass is 10.1. The van der Waals surface area contributed by atoms with Gasteiger partial charge in [0.15, 0.2) is 5.69 Å². The van der Waals surface area contributed by atoms with Gasteiger partial charge in [-0.05, 0) is 25.7 Å². The third-order valence-corrected chi connectivity index (χ3v) is 5.49. The quantitative estimate of drug-likeness (QED) is 0.805. The summed E-state index contributed by atoms with van der Waals surface area (Å²) >= 11 is 0. The van der Waals surface area contributed by atoms with Gasteiger partial charge in [-0.1, -0.05) is 12.2 Å². The molecule has 2 aliphatic heterocycles. The zero-order chi connectivity index (χ0) is 17.9. The van der Waals surface area contributed by atoms with E-state index in [1.54, 1.807) is 0 Å². The van der Waals surface area contributed by atoms with Gasteiger partial charge in [0.05, 0.1) is 19.8 Å². The van der Waals surface area contributed by atoms with Gasteiger partial charge in [-0.25, -0.2) is 0 Å². The normalized spacial score (nSPS) is 19.8. The second-order valence-electron chi connectivity index (χ2n) is 7.23. The van der Waals surface area contributed by atoms with E-state index >= 15 is 0 Å². The number of nitrogens with one attached hydrogen (secondary N) is 1. The number of aromatic nitrogens is 2. The summed E-state index contributed by atoms with van der Waals surface area (Å²) in [5.41, 5.74) is 2.54. The lowest BCUT2D eigenvalue weighted by Gasteiger charge is -2.17. The van der Waals surface area contributed by atoms with E-state index < -0.39 is 0 Å². The van der Waals surface area contributed by atoms with Crippen molar-refractivity contribution in [3.05, 3.63) is 29.1 Å². The molecule has 1 saturated heterocycles. The number of likely N-dealkylation sites (tertiary alicyclic amines) is 1. The van der Waals surface area contributed by atoms with Crippen LogP contribution in [0.3, 0.4) is 0 Å². The van der Waals surface area contributed by atoms with Crippen LogP contribution in [0.15, 0.2) is 12.2 Å². The Morgan fingerprint density at radius 3 is 2.77 bits per heavy atom. The molecule has 0 saturated carbocycles. The molecule has 7 nitrogen and oxygen atoms in total. The van der Waals surface area contributed by atoms with Gasteiger partial charge >= 0.3 is 0 Å². The van der Waals surface area contributed by atoms with Crippen LogP contribution >= 0.6 is 0 Å². The number of carbonyl (C=O) groups is 2. The zero-order valence-corrected chi connectivity index (χ0v) is 15.1. The first-order valence-corrected chi connectivity index (χ1v) is 9.62. The minimum atomic E-state index is 0.0177. The number of hydrogen-bond acceptors (Lipinski definition) is 4. The Morgan fingerprint density at radius 2 is 2.00 bits per heavy atom. The van der Waals surface area contributed by atoms with Crippen LogP contribution in [0.5, 0.6) is 0 Å². The summed E-state index contributed by atoms with van der Waals surface area (Å²) in [5, 5.41) is 7.62. The lowest BCUT2D eigenvalue weighted by molar-refractivity contribution is -0.124. The van der Waals surface area contributed by atoms with E-state index in [0.29, 0.717) is 32.0 Å². The number of carbonyl (C=O) groups excluding carboxylic acids is 2. The largest absolute Gasteiger partial charge is 0.376 e. The highest BCUT2D eigenvalue weighted by Crippen LogP contribution is 2.23. The highest BCUT2D eigenvalue weighted by molar-refractivity contribution is 5.94. The van der Waals surface area contributed by atoms with Crippen LogP contribution in [-0.4, -0.2) is 52.7 Å². The van der Waals surface area contributed by atoms with E-state index in [9.17, 15) is 9.59 Å². The molecule has 0 atom stereocenters. The molecule has 2 amide bonds. The van der Waals surface area contributed by atoms with Crippen LogP contribution < -0.4 is 5.32 Å². The molecule has 0 spiro atoms.